The molecule has 0 saturated heterocycles. The summed E-state index contributed by atoms with van der Waals surface area (Å²) in [5.74, 6) is 0.569. The van der Waals surface area contributed by atoms with Crippen LogP contribution < -0.4 is 4.74 Å². The SMILES string of the molecule is CCCCCCCCOc1ccc(-c2cn3cc(C(=O)O[C@@H](C)CCCCCC)nc3s2)cc1. The van der Waals surface area contributed by atoms with Gasteiger partial charge in [-0.15, -0.1) is 0 Å². The number of carbonyl (C=O) groups is 1. The summed E-state index contributed by atoms with van der Waals surface area (Å²) in [6.45, 7) is 7.17. The molecule has 0 spiro atoms. The van der Waals surface area contributed by atoms with E-state index in [2.05, 4.69) is 31.0 Å². The van der Waals surface area contributed by atoms with Crippen LogP contribution in [0.3, 0.4) is 0 Å². The number of benzene rings is 1. The predicted molar refractivity (Wildman–Crippen MR) is 141 cm³/mol. The monoisotopic (exact) mass is 484 g/mol. The lowest BCUT2D eigenvalue weighted by molar-refractivity contribution is 0.0313. The Bertz CT molecular complexity index is 961. The van der Waals surface area contributed by atoms with Crippen molar-refractivity contribution >= 4 is 22.3 Å². The van der Waals surface area contributed by atoms with Crippen LogP contribution in [0.25, 0.3) is 15.4 Å². The first-order valence-corrected chi connectivity index (χ1v) is 13.8. The van der Waals surface area contributed by atoms with Crippen molar-refractivity contribution in [2.75, 3.05) is 6.61 Å². The molecule has 0 radical (unpaired) electrons. The number of fused-ring (bicyclic) bond motifs is 1. The third kappa shape index (κ3) is 8.15. The molecule has 0 unspecified atom stereocenters. The highest BCUT2D eigenvalue weighted by atomic mass is 32.1. The molecule has 0 aliphatic heterocycles. The van der Waals surface area contributed by atoms with Crippen LogP contribution in [0.15, 0.2) is 36.7 Å². The van der Waals surface area contributed by atoms with Crippen LogP contribution in [0.2, 0.25) is 0 Å². The van der Waals surface area contributed by atoms with Crippen LogP contribution in [-0.2, 0) is 4.74 Å². The maximum absolute atomic E-state index is 12.5. The Labute approximate surface area is 208 Å². The zero-order chi connectivity index (χ0) is 24.2. The molecule has 2 heterocycles. The molecule has 1 aromatic carbocycles. The molecule has 0 aliphatic rings. The predicted octanol–water partition coefficient (Wildman–Crippen LogP) is 8.32. The molecule has 3 aromatic rings. The van der Waals surface area contributed by atoms with E-state index in [4.69, 9.17) is 9.47 Å². The zero-order valence-electron chi connectivity index (χ0n) is 21.1. The fraction of sp³-hybridized carbons (Fsp3) is 0.571. The standard InChI is InChI=1S/C28H40N2O3S/c1-4-6-8-10-11-13-19-32-24-17-15-23(16-18-24)26-21-30-20-25(29-28(30)34-26)27(31)33-22(3)14-12-9-7-5-2/h15-18,20-22H,4-14,19H2,1-3H3/t22-/m0/s1. The van der Waals surface area contributed by atoms with Gasteiger partial charge in [0, 0.05) is 12.4 Å². The minimum atomic E-state index is -0.340. The molecule has 2 aromatic heterocycles. The van der Waals surface area contributed by atoms with Gasteiger partial charge >= 0.3 is 5.97 Å². The van der Waals surface area contributed by atoms with Gasteiger partial charge in [0.1, 0.15) is 5.75 Å². The Morgan fingerprint density at radius 2 is 1.62 bits per heavy atom. The summed E-state index contributed by atoms with van der Waals surface area (Å²) in [7, 11) is 0. The van der Waals surface area contributed by atoms with Gasteiger partial charge in [0.2, 0.25) is 0 Å². The number of aromatic nitrogens is 2. The summed E-state index contributed by atoms with van der Waals surface area (Å²) in [5, 5.41) is 0. The average molecular weight is 485 g/mol. The van der Waals surface area contributed by atoms with Crippen LogP contribution >= 0.6 is 11.3 Å². The maximum atomic E-state index is 12.5. The summed E-state index contributed by atoms with van der Waals surface area (Å²) >= 11 is 1.57. The molecule has 1 atom stereocenters. The highest BCUT2D eigenvalue weighted by Gasteiger charge is 2.17. The van der Waals surface area contributed by atoms with Crippen molar-refractivity contribution in [1.82, 2.24) is 9.38 Å². The van der Waals surface area contributed by atoms with Gasteiger partial charge in [0.05, 0.1) is 17.6 Å². The first-order valence-electron chi connectivity index (χ1n) is 13.0. The van der Waals surface area contributed by atoms with Crippen molar-refractivity contribution in [2.24, 2.45) is 0 Å². The highest BCUT2D eigenvalue weighted by molar-refractivity contribution is 7.20. The Morgan fingerprint density at radius 1 is 0.941 bits per heavy atom. The quantitative estimate of drug-likeness (QED) is 0.151. The summed E-state index contributed by atoms with van der Waals surface area (Å²) in [6, 6.07) is 8.22. The first-order chi connectivity index (χ1) is 16.6. The van der Waals surface area contributed by atoms with Crippen molar-refractivity contribution in [1.29, 1.82) is 0 Å². The van der Waals surface area contributed by atoms with Gasteiger partial charge < -0.3 is 9.47 Å². The van der Waals surface area contributed by atoms with E-state index in [1.807, 2.05) is 29.7 Å². The molecule has 34 heavy (non-hydrogen) atoms. The molecule has 5 nitrogen and oxygen atoms in total. The first kappa shape index (κ1) is 26.3. The molecule has 0 N–H and O–H groups in total. The van der Waals surface area contributed by atoms with Crippen molar-refractivity contribution in [3.63, 3.8) is 0 Å². The third-order valence-electron chi connectivity index (χ3n) is 6.04. The van der Waals surface area contributed by atoms with Gasteiger partial charge in [-0.1, -0.05) is 76.6 Å². The van der Waals surface area contributed by atoms with Gasteiger partial charge in [-0.05, 0) is 56.0 Å². The third-order valence-corrected chi connectivity index (χ3v) is 7.09. The Morgan fingerprint density at radius 3 is 2.32 bits per heavy atom. The number of rotatable bonds is 16. The molecule has 0 amide bonds. The van der Waals surface area contributed by atoms with Gasteiger partial charge in [0.25, 0.3) is 0 Å². The largest absolute Gasteiger partial charge is 0.494 e. The summed E-state index contributed by atoms with van der Waals surface area (Å²) in [4.78, 5) is 18.9. The number of nitrogens with zero attached hydrogens (tertiary/aromatic N) is 2. The van der Waals surface area contributed by atoms with E-state index >= 15 is 0 Å². The van der Waals surface area contributed by atoms with E-state index in [9.17, 15) is 4.79 Å². The molecule has 0 saturated carbocycles. The lowest BCUT2D eigenvalue weighted by Crippen LogP contribution is -2.15. The van der Waals surface area contributed by atoms with Crippen LogP contribution in [-0.4, -0.2) is 28.1 Å². The van der Waals surface area contributed by atoms with Crippen molar-refractivity contribution in [2.45, 2.75) is 97.5 Å². The van der Waals surface area contributed by atoms with Crippen molar-refractivity contribution < 1.29 is 14.3 Å². The van der Waals surface area contributed by atoms with Crippen LogP contribution in [0, 0.1) is 0 Å². The lowest BCUT2D eigenvalue weighted by atomic mass is 10.1. The van der Waals surface area contributed by atoms with E-state index in [0.717, 1.165) is 47.0 Å². The molecular formula is C28H40N2O3S. The fourth-order valence-electron chi connectivity index (χ4n) is 3.98. The summed E-state index contributed by atoms with van der Waals surface area (Å²) in [5.41, 5.74) is 1.49. The minimum Gasteiger partial charge on any atom is -0.494 e. The second-order valence-corrected chi connectivity index (χ2v) is 10.1. The topological polar surface area (TPSA) is 52.8 Å². The number of imidazole rings is 1. The second kappa shape index (κ2) is 14.1. The molecule has 3 rings (SSSR count). The van der Waals surface area contributed by atoms with Gasteiger partial charge in [-0.25, -0.2) is 9.78 Å². The van der Waals surface area contributed by atoms with Crippen molar-refractivity contribution in [3.8, 4) is 16.2 Å². The molecular weight excluding hydrogens is 444 g/mol. The minimum absolute atomic E-state index is 0.0820. The molecule has 0 bridgehead atoms. The van der Waals surface area contributed by atoms with Crippen molar-refractivity contribution in [3.05, 3.63) is 42.4 Å². The van der Waals surface area contributed by atoms with Crippen LogP contribution in [0.1, 0.15) is 102 Å². The van der Waals surface area contributed by atoms with E-state index < -0.39 is 0 Å². The number of unbranched alkanes of at least 4 members (excludes halogenated alkanes) is 8. The number of thiazole rings is 1. The smallest absolute Gasteiger partial charge is 0.358 e. The Hall–Kier alpha value is -2.34. The maximum Gasteiger partial charge on any atom is 0.358 e. The van der Waals surface area contributed by atoms with E-state index in [1.54, 1.807) is 17.5 Å². The van der Waals surface area contributed by atoms with Crippen LogP contribution in [0.5, 0.6) is 5.75 Å². The number of esters is 1. The zero-order valence-corrected chi connectivity index (χ0v) is 21.9. The molecule has 186 valence electrons. The fourth-order valence-corrected chi connectivity index (χ4v) is 4.95. The number of ether oxygens (including phenoxy) is 2. The van der Waals surface area contributed by atoms with Gasteiger partial charge in [-0.2, -0.15) is 0 Å². The second-order valence-electron chi connectivity index (χ2n) is 9.12. The summed E-state index contributed by atoms with van der Waals surface area (Å²) < 4.78 is 13.4. The molecule has 0 aliphatic carbocycles. The molecule has 0 fully saturated rings. The average Bonchev–Trinajstić information content (AvgIpc) is 3.41. The van der Waals surface area contributed by atoms with E-state index in [-0.39, 0.29) is 12.1 Å². The van der Waals surface area contributed by atoms with Gasteiger partial charge in [0.15, 0.2) is 10.7 Å². The number of hydrogen-bond donors (Lipinski definition) is 0. The van der Waals surface area contributed by atoms with Crippen LogP contribution in [0.4, 0.5) is 0 Å². The number of hydrogen-bond acceptors (Lipinski definition) is 5. The summed E-state index contributed by atoms with van der Waals surface area (Å²) in [6.07, 6.45) is 16.9. The normalized spacial score (nSPS) is 12.2. The lowest BCUT2D eigenvalue weighted by Gasteiger charge is -2.11. The van der Waals surface area contributed by atoms with E-state index in [0.29, 0.717) is 5.69 Å². The number of carbonyl (C=O) groups excluding carboxylic acids is 1. The highest BCUT2D eigenvalue weighted by Crippen LogP contribution is 2.30. The van der Waals surface area contributed by atoms with E-state index in [1.165, 1.54) is 51.4 Å². The Balaban J connectivity index is 1.47. The molecule has 6 heteroatoms. The Kier molecular flexibility index (Phi) is 10.9. The van der Waals surface area contributed by atoms with Gasteiger partial charge in [-0.3, -0.25) is 4.40 Å².